The molecule has 0 atom stereocenters. The van der Waals surface area contributed by atoms with E-state index < -0.39 is 0 Å². The molecule has 8 heavy (non-hydrogen) atoms. The largest absolute Gasteiger partial charge is 0.357 e. The molecule has 4 heteroatoms. The van der Waals surface area contributed by atoms with E-state index in [0.29, 0.717) is 0 Å². The zero-order valence-corrected chi connectivity index (χ0v) is 6.50. The third-order valence-electron chi connectivity index (χ3n) is 0.162. The summed E-state index contributed by atoms with van der Waals surface area (Å²) >= 11 is 9.68. The second kappa shape index (κ2) is 15.6. The van der Waals surface area contributed by atoms with E-state index in [1.54, 1.807) is 0 Å². The van der Waals surface area contributed by atoms with Crippen molar-refractivity contribution < 1.29 is 9.03 Å². The molecule has 0 heterocycles. The molecule has 0 spiro atoms. The summed E-state index contributed by atoms with van der Waals surface area (Å²) in [6.07, 6.45) is 0. The van der Waals surface area contributed by atoms with Crippen LogP contribution in [0.2, 0.25) is 0 Å². The molecule has 0 aliphatic rings. The molecule has 52 valence electrons. The molecule has 0 N–H and O–H groups in total. The molecule has 2 nitrogen and oxygen atoms in total. The van der Waals surface area contributed by atoms with Gasteiger partial charge in [-0.05, 0) is 0 Å². The van der Waals surface area contributed by atoms with Crippen molar-refractivity contribution in [2.24, 2.45) is 0 Å². The van der Waals surface area contributed by atoms with Crippen LogP contribution < -0.4 is 0 Å². The fourth-order valence-corrected chi connectivity index (χ4v) is 0.134. The first-order chi connectivity index (χ1) is 3.83. The Morgan fingerprint density at radius 3 is 1.88 bits per heavy atom. The number of alkyl halides is 1. The van der Waals surface area contributed by atoms with Gasteiger partial charge in [-0.2, -0.15) is 0 Å². The van der Waals surface area contributed by atoms with Gasteiger partial charge in [0.25, 0.3) is 0 Å². The van der Waals surface area contributed by atoms with E-state index in [2.05, 4.69) is 20.9 Å². The fraction of sp³-hybridized carbons (Fsp3) is 1.00. The van der Waals surface area contributed by atoms with Crippen LogP contribution >= 0.6 is 23.5 Å². The summed E-state index contributed by atoms with van der Waals surface area (Å²) in [7, 11) is 1.50. The van der Waals surface area contributed by atoms with Gasteiger partial charge in [0.2, 0.25) is 0 Å². The molecule has 0 rings (SSSR count). The lowest BCUT2D eigenvalue weighted by Crippen LogP contribution is -1.82. The lowest BCUT2D eigenvalue weighted by atomic mass is 11.0. The van der Waals surface area contributed by atoms with Crippen molar-refractivity contribution in [3.05, 3.63) is 0 Å². The van der Waals surface area contributed by atoms with Crippen molar-refractivity contribution >= 4 is 23.5 Å². The Morgan fingerprint density at radius 2 is 1.88 bits per heavy atom. The lowest BCUT2D eigenvalue weighted by Gasteiger charge is -1.84. The second-order valence-electron chi connectivity index (χ2n) is 0.783. The fourth-order valence-electron chi connectivity index (χ4n) is 0.0445. The molecule has 0 aromatic heterocycles. The quantitative estimate of drug-likeness (QED) is 0.455. The van der Waals surface area contributed by atoms with Gasteiger partial charge in [-0.25, -0.2) is 0 Å². The minimum atomic E-state index is 0.154. The van der Waals surface area contributed by atoms with Gasteiger partial charge in [-0.15, -0.1) is 11.6 Å². The molecule has 0 amide bonds. The van der Waals surface area contributed by atoms with E-state index in [1.165, 1.54) is 7.11 Å². The average molecular weight is 161 g/mol. The first-order valence-electron chi connectivity index (χ1n) is 2.11. The van der Waals surface area contributed by atoms with Crippen LogP contribution in [-0.4, -0.2) is 19.8 Å². The molecule has 0 unspecified atom stereocenters. The number of rotatable bonds is 2. The number of methoxy groups -OCH3 is 1. The van der Waals surface area contributed by atoms with Crippen LogP contribution in [0.1, 0.15) is 6.92 Å². The molecule has 0 fully saturated rings. The molecule has 0 saturated heterocycles. The van der Waals surface area contributed by atoms with Gasteiger partial charge in [-0.3, -0.25) is 4.29 Å². The monoisotopic (exact) mass is 160 g/mol. The summed E-state index contributed by atoms with van der Waals surface area (Å²) in [6, 6.07) is 0. The number of halogens is 2. The van der Waals surface area contributed by atoms with Gasteiger partial charge in [0.1, 0.15) is 0 Å². The Hall–Kier alpha value is 0.500. The van der Waals surface area contributed by atoms with E-state index >= 15 is 0 Å². The summed E-state index contributed by atoms with van der Waals surface area (Å²) in [5.74, 6) is 0.722. The van der Waals surface area contributed by atoms with Gasteiger partial charge in [0.05, 0.1) is 11.9 Å². The highest BCUT2D eigenvalue weighted by molar-refractivity contribution is 6.17. The normalized spacial score (nSPS) is 7.50. The molecule has 0 aromatic carbocycles. The Balaban J connectivity index is 0. The van der Waals surface area contributed by atoms with Crippen LogP contribution in [0.5, 0.6) is 0 Å². The smallest absolute Gasteiger partial charge is 0.166 e. The zero-order chi connectivity index (χ0) is 6.83. The van der Waals surface area contributed by atoms with Crippen molar-refractivity contribution in [1.82, 2.24) is 0 Å². The SMILES string of the molecule is CCCl.COCOCl. The van der Waals surface area contributed by atoms with Gasteiger partial charge in [0, 0.05) is 13.0 Å². The molecule has 0 aromatic rings. The van der Waals surface area contributed by atoms with Crippen molar-refractivity contribution in [2.75, 3.05) is 19.8 Å². The van der Waals surface area contributed by atoms with Crippen molar-refractivity contribution in [1.29, 1.82) is 0 Å². The van der Waals surface area contributed by atoms with Gasteiger partial charge in [-0.1, -0.05) is 6.92 Å². The lowest BCUT2D eigenvalue weighted by molar-refractivity contribution is 0.0587. The van der Waals surface area contributed by atoms with Crippen molar-refractivity contribution in [2.45, 2.75) is 6.92 Å². The first-order valence-corrected chi connectivity index (χ1v) is 2.96. The molecule has 0 bridgehead atoms. The average Bonchev–Trinajstić information content (AvgIpc) is 1.71. The Labute approximate surface area is 59.8 Å². The maximum atomic E-state index is 5.00. The first kappa shape index (κ1) is 11.3. The summed E-state index contributed by atoms with van der Waals surface area (Å²) < 4.78 is 8.28. The van der Waals surface area contributed by atoms with E-state index in [0.717, 1.165) is 5.88 Å². The van der Waals surface area contributed by atoms with Crippen LogP contribution in [0.25, 0.3) is 0 Å². The topological polar surface area (TPSA) is 18.5 Å². The van der Waals surface area contributed by atoms with Crippen molar-refractivity contribution in [3.63, 3.8) is 0 Å². The summed E-state index contributed by atoms with van der Waals surface area (Å²) in [6.45, 7) is 2.04. The highest BCUT2D eigenvalue weighted by Gasteiger charge is 1.66. The van der Waals surface area contributed by atoms with E-state index in [9.17, 15) is 0 Å². The number of hydrogen-bond acceptors (Lipinski definition) is 2. The molecule has 0 aliphatic heterocycles. The molecular weight excluding hydrogens is 151 g/mol. The number of ether oxygens (including phenoxy) is 1. The van der Waals surface area contributed by atoms with E-state index in [-0.39, 0.29) is 6.79 Å². The van der Waals surface area contributed by atoms with Gasteiger partial charge >= 0.3 is 0 Å². The molecular formula is C4H10Cl2O2. The Morgan fingerprint density at radius 1 is 1.50 bits per heavy atom. The van der Waals surface area contributed by atoms with Crippen LogP contribution in [0.15, 0.2) is 0 Å². The van der Waals surface area contributed by atoms with Crippen LogP contribution in [0.4, 0.5) is 0 Å². The van der Waals surface area contributed by atoms with Gasteiger partial charge in [0.15, 0.2) is 6.79 Å². The van der Waals surface area contributed by atoms with Gasteiger partial charge < -0.3 is 4.74 Å². The second-order valence-corrected chi connectivity index (χ2v) is 1.54. The zero-order valence-electron chi connectivity index (χ0n) is 4.99. The predicted octanol–water partition coefficient (Wildman–Crippen LogP) is 2.01. The summed E-state index contributed by atoms with van der Waals surface area (Å²) in [4.78, 5) is 0. The van der Waals surface area contributed by atoms with Crippen molar-refractivity contribution in [3.8, 4) is 0 Å². The predicted molar refractivity (Wildman–Crippen MR) is 35.2 cm³/mol. The maximum absolute atomic E-state index is 5.00. The Kier molecular flexibility index (Phi) is 22.1. The third kappa shape index (κ3) is 31.5. The molecule has 0 aliphatic carbocycles. The Bertz CT molecular complexity index is 26.0. The maximum Gasteiger partial charge on any atom is 0.166 e. The van der Waals surface area contributed by atoms with E-state index in [1.807, 2.05) is 6.92 Å². The summed E-state index contributed by atoms with van der Waals surface area (Å²) in [5, 5.41) is 0. The minimum absolute atomic E-state index is 0.154. The molecule has 0 saturated carbocycles. The van der Waals surface area contributed by atoms with Crippen LogP contribution in [-0.2, 0) is 9.03 Å². The van der Waals surface area contributed by atoms with Crippen LogP contribution in [0, 0.1) is 0 Å². The third-order valence-corrected chi connectivity index (χ3v) is 0.251. The highest BCUT2D eigenvalue weighted by atomic mass is 35.5. The number of hydrogen-bond donors (Lipinski definition) is 0. The standard InChI is InChI=1S/C2H5ClO2.C2H5Cl/c1-4-2-5-3;1-2-3/h2H2,1H3;2H2,1H3. The van der Waals surface area contributed by atoms with Crippen LogP contribution in [0.3, 0.4) is 0 Å². The molecule has 0 radical (unpaired) electrons. The minimum Gasteiger partial charge on any atom is -0.357 e. The summed E-state index contributed by atoms with van der Waals surface area (Å²) in [5.41, 5.74) is 0. The highest BCUT2D eigenvalue weighted by Crippen LogP contribution is 1.74. The van der Waals surface area contributed by atoms with E-state index in [4.69, 9.17) is 11.6 Å².